The maximum absolute atomic E-state index is 12.9. The van der Waals surface area contributed by atoms with E-state index in [1.54, 1.807) is 36.0 Å². The monoisotopic (exact) mass is 446 g/mol. The molecular weight excluding hydrogens is 420 g/mol. The van der Waals surface area contributed by atoms with Gasteiger partial charge in [0.2, 0.25) is 10.0 Å². The average molecular weight is 447 g/mol. The zero-order chi connectivity index (χ0) is 21.0. The van der Waals surface area contributed by atoms with Crippen molar-refractivity contribution in [3.05, 3.63) is 54.1 Å². The van der Waals surface area contributed by atoms with Crippen molar-refractivity contribution in [2.45, 2.75) is 41.6 Å². The molecule has 2 saturated heterocycles. The number of hydrogen-bond acceptors (Lipinski definition) is 5. The minimum atomic E-state index is -3.52. The maximum Gasteiger partial charge on any atom is 0.256 e. The molecule has 0 unspecified atom stereocenters. The number of thioether (sulfide) groups is 1. The zero-order valence-electron chi connectivity index (χ0n) is 16.7. The van der Waals surface area contributed by atoms with E-state index in [2.05, 4.69) is 5.32 Å². The second-order valence-electron chi connectivity index (χ2n) is 7.54. The Morgan fingerprint density at radius 3 is 2.67 bits per heavy atom. The van der Waals surface area contributed by atoms with Gasteiger partial charge in [-0.15, -0.1) is 11.8 Å². The van der Waals surface area contributed by atoms with E-state index in [1.807, 2.05) is 18.2 Å². The molecule has 1 N–H and O–H groups in total. The van der Waals surface area contributed by atoms with Crippen molar-refractivity contribution in [3.8, 4) is 0 Å². The number of sulfonamides is 1. The second-order valence-corrected chi connectivity index (χ2v) is 10.5. The van der Waals surface area contributed by atoms with E-state index in [0.717, 1.165) is 42.9 Å². The lowest BCUT2D eigenvalue weighted by atomic mass is 10.2. The normalized spacial score (nSPS) is 19.8. The minimum absolute atomic E-state index is 0.211. The Morgan fingerprint density at radius 2 is 1.90 bits per heavy atom. The van der Waals surface area contributed by atoms with Gasteiger partial charge in [0.15, 0.2) is 0 Å². The Kier molecular flexibility index (Phi) is 6.77. The maximum atomic E-state index is 12.9. The van der Waals surface area contributed by atoms with Crippen LogP contribution >= 0.6 is 11.8 Å². The number of nitrogens with one attached hydrogen (secondary N) is 1. The van der Waals surface area contributed by atoms with Gasteiger partial charge >= 0.3 is 0 Å². The molecule has 0 aliphatic carbocycles. The van der Waals surface area contributed by atoms with Gasteiger partial charge in [0.05, 0.1) is 16.6 Å². The van der Waals surface area contributed by atoms with Crippen LogP contribution in [0.5, 0.6) is 0 Å². The average Bonchev–Trinajstić information content (AvgIpc) is 3.47. The summed E-state index contributed by atoms with van der Waals surface area (Å²) in [5.74, 6) is 0.564. The summed E-state index contributed by atoms with van der Waals surface area (Å²) in [6, 6.07) is 14.0. The van der Waals surface area contributed by atoms with Crippen molar-refractivity contribution in [2.75, 3.05) is 30.8 Å². The Labute approximate surface area is 182 Å². The summed E-state index contributed by atoms with van der Waals surface area (Å²) in [5.41, 5.74) is 1.05. The molecule has 2 aromatic carbocycles. The third-order valence-electron chi connectivity index (χ3n) is 5.38. The van der Waals surface area contributed by atoms with Gasteiger partial charge in [0.25, 0.3) is 5.91 Å². The number of amides is 1. The van der Waals surface area contributed by atoms with Crippen LogP contribution in [0.4, 0.5) is 5.69 Å². The van der Waals surface area contributed by atoms with Gasteiger partial charge in [-0.25, -0.2) is 8.42 Å². The number of benzene rings is 2. The summed E-state index contributed by atoms with van der Waals surface area (Å²) in [6.07, 6.45) is 4.15. The molecule has 0 spiro atoms. The van der Waals surface area contributed by atoms with Crippen molar-refractivity contribution < 1.29 is 17.9 Å². The van der Waals surface area contributed by atoms with Gasteiger partial charge in [-0.2, -0.15) is 4.31 Å². The van der Waals surface area contributed by atoms with Crippen LogP contribution in [0.25, 0.3) is 0 Å². The van der Waals surface area contributed by atoms with Gasteiger partial charge in [0, 0.05) is 36.0 Å². The van der Waals surface area contributed by atoms with Crippen LogP contribution in [0, 0.1) is 0 Å². The first-order chi connectivity index (χ1) is 14.5. The first-order valence-corrected chi connectivity index (χ1v) is 12.7. The second kappa shape index (κ2) is 9.51. The van der Waals surface area contributed by atoms with Crippen molar-refractivity contribution in [1.29, 1.82) is 0 Å². The molecule has 2 fully saturated rings. The summed E-state index contributed by atoms with van der Waals surface area (Å²) in [4.78, 5) is 14.0. The zero-order valence-corrected chi connectivity index (χ0v) is 18.4. The molecule has 4 rings (SSSR count). The standard InChI is InChI=1S/C22H26N2O4S2/c25-22(20-10-1-2-11-21(20)29-16-18-8-6-14-28-18)23-17-7-5-9-19(15-17)30(26,27)24-12-3-4-13-24/h1-2,5,7,9-11,15,18H,3-4,6,8,12-14,16H2,(H,23,25)/t18-/m0/s1. The topological polar surface area (TPSA) is 75.7 Å². The highest BCUT2D eigenvalue weighted by atomic mass is 32.2. The van der Waals surface area contributed by atoms with Crippen LogP contribution in [-0.2, 0) is 14.8 Å². The number of ether oxygens (including phenoxy) is 1. The van der Waals surface area contributed by atoms with Crippen LogP contribution in [0.1, 0.15) is 36.0 Å². The Hall–Kier alpha value is -1.87. The smallest absolute Gasteiger partial charge is 0.256 e. The fraction of sp³-hybridized carbons (Fsp3) is 0.409. The molecule has 160 valence electrons. The van der Waals surface area contributed by atoms with Crippen molar-refractivity contribution in [3.63, 3.8) is 0 Å². The van der Waals surface area contributed by atoms with Gasteiger partial charge in [-0.05, 0) is 56.0 Å². The van der Waals surface area contributed by atoms with Crippen LogP contribution in [0.3, 0.4) is 0 Å². The first-order valence-electron chi connectivity index (χ1n) is 10.3. The summed E-state index contributed by atoms with van der Waals surface area (Å²) in [6.45, 7) is 1.91. The third-order valence-corrected chi connectivity index (χ3v) is 8.48. The number of carbonyl (C=O) groups excluding carboxylic acids is 1. The van der Waals surface area contributed by atoms with E-state index < -0.39 is 10.0 Å². The number of anilines is 1. The number of rotatable bonds is 7. The summed E-state index contributed by atoms with van der Waals surface area (Å²) >= 11 is 1.62. The molecule has 2 aliphatic heterocycles. The lowest BCUT2D eigenvalue weighted by molar-refractivity contribution is 0.102. The van der Waals surface area contributed by atoms with Crippen LogP contribution in [-0.4, -0.2) is 50.2 Å². The fourth-order valence-corrected chi connectivity index (χ4v) is 6.43. The van der Waals surface area contributed by atoms with Gasteiger partial charge in [0.1, 0.15) is 0 Å². The molecule has 0 aromatic heterocycles. The van der Waals surface area contributed by atoms with E-state index in [-0.39, 0.29) is 16.9 Å². The molecule has 30 heavy (non-hydrogen) atoms. The quantitative estimate of drug-likeness (QED) is 0.651. The Morgan fingerprint density at radius 1 is 1.10 bits per heavy atom. The molecule has 1 atom stereocenters. The van der Waals surface area contributed by atoms with Gasteiger partial charge in [-0.1, -0.05) is 18.2 Å². The van der Waals surface area contributed by atoms with Crippen molar-refractivity contribution in [2.24, 2.45) is 0 Å². The molecule has 2 aliphatic rings. The molecule has 8 heteroatoms. The summed E-state index contributed by atoms with van der Waals surface area (Å²) in [7, 11) is -3.52. The highest BCUT2D eigenvalue weighted by molar-refractivity contribution is 7.99. The summed E-state index contributed by atoms with van der Waals surface area (Å²) in [5, 5.41) is 2.86. The lowest BCUT2D eigenvalue weighted by Crippen LogP contribution is -2.27. The predicted molar refractivity (Wildman–Crippen MR) is 119 cm³/mol. The highest BCUT2D eigenvalue weighted by Gasteiger charge is 2.27. The molecule has 2 aromatic rings. The lowest BCUT2D eigenvalue weighted by Gasteiger charge is -2.16. The van der Waals surface area contributed by atoms with Crippen molar-refractivity contribution >= 4 is 33.4 Å². The molecular formula is C22H26N2O4S2. The molecule has 2 heterocycles. The predicted octanol–water partition coefficient (Wildman–Crippen LogP) is 3.99. The van der Waals surface area contributed by atoms with Crippen LogP contribution in [0.15, 0.2) is 58.3 Å². The van der Waals surface area contributed by atoms with E-state index in [9.17, 15) is 13.2 Å². The van der Waals surface area contributed by atoms with Crippen LogP contribution < -0.4 is 5.32 Å². The van der Waals surface area contributed by atoms with Crippen LogP contribution in [0.2, 0.25) is 0 Å². The number of nitrogens with zero attached hydrogens (tertiary/aromatic N) is 1. The fourth-order valence-electron chi connectivity index (χ4n) is 3.75. The number of hydrogen-bond donors (Lipinski definition) is 1. The van der Waals surface area contributed by atoms with E-state index >= 15 is 0 Å². The summed E-state index contributed by atoms with van der Waals surface area (Å²) < 4.78 is 32.8. The van der Waals surface area contributed by atoms with E-state index in [4.69, 9.17) is 4.74 Å². The third kappa shape index (κ3) is 4.88. The SMILES string of the molecule is O=C(Nc1cccc(S(=O)(=O)N2CCCC2)c1)c1ccccc1SC[C@@H]1CCCO1. The molecule has 6 nitrogen and oxygen atoms in total. The number of carbonyl (C=O) groups is 1. The minimum Gasteiger partial charge on any atom is -0.377 e. The van der Waals surface area contributed by atoms with Gasteiger partial charge in [-0.3, -0.25) is 4.79 Å². The molecule has 0 radical (unpaired) electrons. The van der Waals surface area contributed by atoms with Gasteiger partial charge < -0.3 is 10.1 Å². The highest BCUT2D eigenvalue weighted by Crippen LogP contribution is 2.28. The Bertz CT molecular complexity index is 998. The molecule has 1 amide bonds. The van der Waals surface area contributed by atoms with E-state index in [0.29, 0.717) is 24.3 Å². The largest absolute Gasteiger partial charge is 0.377 e. The first kappa shape index (κ1) is 21.4. The van der Waals surface area contributed by atoms with E-state index in [1.165, 1.54) is 10.4 Å². The Balaban J connectivity index is 1.48. The molecule has 0 bridgehead atoms. The van der Waals surface area contributed by atoms with Crippen molar-refractivity contribution in [1.82, 2.24) is 4.31 Å². The molecule has 0 saturated carbocycles.